The first-order valence-corrected chi connectivity index (χ1v) is 7.09. The summed E-state index contributed by atoms with van der Waals surface area (Å²) in [4.78, 5) is 4.64. The highest BCUT2D eigenvalue weighted by atomic mass is 32.1. The molecule has 0 aliphatic heterocycles. The fourth-order valence-electron chi connectivity index (χ4n) is 1.29. The van der Waals surface area contributed by atoms with Gasteiger partial charge in [0.15, 0.2) is 0 Å². The predicted octanol–water partition coefficient (Wildman–Crippen LogP) is 4.11. The van der Waals surface area contributed by atoms with Crippen LogP contribution in [0.1, 0.15) is 31.5 Å². The Hall–Kier alpha value is -0.870. The molecular weight excluding hydrogens is 236 g/mol. The summed E-state index contributed by atoms with van der Waals surface area (Å²) in [7, 11) is 0. The van der Waals surface area contributed by atoms with E-state index in [9.17, 15) is 0 Å². The molecule has 0 atom stereocenters. The number of rotatable bonds is 3. The van der Waals surface area contributed by atoms with Gasteiger partial charge in [-0.15, -0.1) is 11.3 Å². The van der Waals surface area contributed by atoms with Crippen molar-refractivity contribution in [3.8, 4) is 0 Å². The highest BCUT2D eigenvalue weighted by Gasteiger charge is 2.17. The first-order valence-electron chi connectivity index (χ1n) is 5.26. The molecule has 0 aromatic carbocycles. The molecule has 2 heterocycles. The lowest BCUT2D eigenvalue weighted by Crippen LogP contribution is -2.11. The molecule has 0 aliphatic rings. The smallest absolute Gasteiger partial charge is 0.0982 e. The molecular formula is C12H16N2S2. The van der Waals surface area contributed by atoms with Crippen LogP contribution in [0.4, 0.5) is 5.69 Å². The number of aromatic nitrogens is 1. The van der Waals surface area contributed by atoms with Gasteiger partial charge in [0, 0.05) is 21.9 Å². The Morgan fingerprint density at radius 2 is 2.12 bits per heavy atom. The minimum absolute atomic E-state index is 0.158. The molecule has 4 heteroatoms. The number of thiophene rings is 1. The van der Waals surface area contributed by atoms with Crippen LogP contribution >= 0.6 is 22.7 Å². The van der Waals surface area contributed by atoms with Crippen molar-refractivity contribution in [2.45, 2.75) is 32.7 Å². The van der Waals surface area contributed by atoms with E-state index in [2.05, 4.69) is 53.3 Å². The van der Waals surface area contributed by atoms with Crippen molar-refractivity contribution in [3.63, 3.8) is 0 Å². The van der Waals surface area contributed by atoms with Gasteiger partial charge in [0.1, 0.15) is 0 Å². The molecule has 16 heavy (non-hydrogen) atoms. The van der Waals surface area contributed by atoms with Gasteiger partial charge in [-0.25, -0.2) is 4.98 Å². The zero-order valence-electron chi connectivity index (χ0n) is 9.78. The maximum atomic E-state index is 4.64. The Balaban J connectivity index is 1.98. The second-order valence-electron chi connectivity index (χ2n) is 4.76. The Kier molecular flexibility index (Phi) is 3.30. The van der Waals surface area contributed by atoms with Gasteiger partial charge < -0.3 is 5.32 Å². The van der Waals surface area contributed by atoms with Crippen LogP contribution in [-0.2, 0) is 12.0 Å². The van der Waals surface area contributed by atoms with Crippen LogP contribution in [-0.4, -0.2) is 4.98 Å². The van der Waals surface area contributed by atoms with Gasteiger partial charge in [-0.3, -0.25) is 0 Å². The van der Waals surface area contributed by atoms with E-state index in [0.717, 1.165) is 12.2 Å². The van der Waals surface area contributed by atoms with Gasteiger partial charge in [-0.1, -0.05) is 20.8 Å². The number of thiazole rings is 1. The Morgan fingerprint density at radius 3 is 2.69 bits per heavy atom. The second-order valence-corrected chi connectivity index (χ2v) is 6.40. The number of hydrogen-bond acceptors (Lipinski definition) is 4. The monoisotopic (exact) mass is 252 g/mol. The van der Waals surface area contributed by atoms with E-state index in [0.29, 0.717) is 0 Å². The molecule has 0 unspecified atom stereocenters. The van der Waals surface area contributed by atoms with E-state index in [-0.39, 0.29) is 5.41 Å². The SMILES string of the molecule is CC(C)(C)c1nc(CNc2ccsc2)cs1. The molecule has 0 aliphatic carbocycles. The summed E-state index contributed by atoms with van der Waals surface area (Å²) in [6, 6.07) is 2.09. The van der Waals surface area contributed by atoms with E-state index in [4.69, 9.17) is 0 Å². The maximum Gasteiger partial charge on any atom is 0.0982 e. The van der Waals surface area contributed by atoms with Crippen LogP contribution in [0.15, 0.2) is 22.2 Å². The molecule has 0 saturated carbocycles. The van der Waals surface area contributed by atoms with Crippen molar-refractivity contribution >= 4 is 28.4 Å². The van der Waals surface area contributed by atoms with Gasteiger partial charge in [-0.05, 0) is 11.4 Å². The fraction of sp³-hybridized carbons (Fsp3) is 0.417. The minimum atomic E-state index is 0.158. The van der Waals surface area contributed by atoms with Crippen LogP contribution in [0.3, 0.4) is 0 Å². The normalized spacial score (nSPS) is 11.7. The van der Waals surface area contributed by atoms with E-state index in [1.165, 1.54) is 10.7 Å². The highest BCUT2D eigenvalue weighted by molar-refractivity contribution is 7.09. The third-order valence-corrected chi connectivity index (χ3v) is 4.19. The lowest BCUT2D eigenvalue weighted by Gasteiger charge is -2.13. The zero-order valence-corrected chi connectivity index (χ0v) is 11.4. The van der Waals surface area contributed by atoms with Crippen LogP contribution in [0, 0.1) is 0 Å². The largest absolute Gasteiger partial charge is 0.379 e. The van der Waals surface area contributed by atoms with Gasteiger partial charge in [0.25, 0.3) is 0 Å². The molecule has 2 rings (SSSR count). The van der Waals surface area contributed by atoms with Crippen molar-refractivity contribution in [1.29, 1.82) is 0 Å². The molecule has 0 radical (unpaired) electrons. The van der Waals surface area contributed by atoms with E-state index in [1.807, 2.05) is 0 Å². The Morgan fingerprint density at radius 1 is 1.31 bits per heavy atom. The lowest BCUT2D eigenvalue weighted by molar-refractivity contribution is 0.583. The summed E-state index contributed by atoms with van der Waals surface area (Å²) in [5, 5.41) is 10.9. The van der Waals surface area contributed by atoms with Crippen molar-refractivity contribution < 1.29 is 0 Å². The standard InChI is InChI=1S/C12H16N2S2/c1-12(2,3)11-14-10(8-16-11)6-13-9-4-5-15-7-9/h4-5,7-8,13H,6H2,1-3H3. The zero-order chi connectivity index (χ0) is 11.6. The summed E-state index contributed by atoms with van der Waals surface area (Å²) in [6.45, 7) is 7.40. The second kappa shape index (κ2) is 4.55. The fourth-order valence-corrected chi connectivity index (χ4v) is 2.81. The summed E-state index contributed by atoms with van der Waals surface area (Å²) < 4.78 is 0. The van der Waals surface area contributed by atoms with E-state index in [1.54, 1.807) is 22.7 Å². The van der Waals surface area contributed by atoms with Crippen molar-refractivity contribution in [3.05, 3.63) is 32.9 Å². The van der Waals surface area contributed by atoms with E-state index < -0.39 is 0 Å². The molecule has 2 nitrogen and oxygen atoms in total. The average Bonchev–Trinajstić information content (AvgIpc) is 2.85. The van der Waals surface area contributed by atoms with Gasteiger partial charge in [0.05, 0.1) is 17.2 Å². The van der Waals surface area contributed by atoms with Crippen LogP contribution in [0.5, 0.6) is 0 Å². The lowest BCUT2D eigenvalue weighted by atomic mass is 9.98. The molecule has 0 fully saturated rings. The summed E-state index contributed by atoms with van der Waals surface area (Å²) in [6.07, 6.45) is 0. The van der Waals surface area contributed by atoms with Crippen molar-refractivity contribution in [1.82, 2.24) is 4.98 Å². The molecule has 2 aromatic rings. The van der Waals surface area contributed by atoms with Crippen LogP contribution < -0.4 is 5.32 Å². The molecule has 0 spiro atoms. The van der Waals surface area contributed by atoms with Crippen LogP contribution in [0.25, 0.3) is 0 Å². The van der Waals surface area contributed by atoms with Crippen molar-refractivity contribution in [2.75, 3.05) is 5.32 Å². The van der Waals surface area contributed by atoms with Gasteiger partial charge in [-0.2, -0.15) is 11.3 Å². The molecule has 86 valence electrons. The Labute approximate surface area is 104 Å². The molecule has 0 bridgehead atoms. The number of hydrogen-bond donors (Lipinski definition) is 1. The number of nitrogens with zero attached hydrogens (tertiary/aromatic N) is 1. The predicted molar refractivity (Wildman–Crippen MR) is 72.5 cm³/mol. The number of anilines is 1. The average molecular weight is 252 g/mol. The van der Waals surface area contributed by atoms with E-state index >= 15 is 0 Å². The third-order valence-electron chi connectivity index (χ3n) is 2.19. The number of nitrogens with one attached hydrogen (secondary N) is 1. The van der Waals surface area contributed by atoms with Gasteiger partial charge >= 0.3 is 0 Å². The molecule has 0 amide bonds. The van der Waals surface area contributed by atoms with Crippen LogP contribution in [0.2, 0.25) is 0 Å². The summed E-state index contributed by atoms with van der Waals surface area (Å²) in [5.41, 5.74) is 2.46. The topological polar surface area (TPSA) is 24.9 Å². The molecule has 2 aromatic heterocycles. The Bertz CT molecular complexity index is 438. The van der Waals surface area contributed by atoms with Crippen molar-refractivity contribution in [2.24, 2.45) is 0 Å². The highest BCUT2D eigenvalue weighted by Crippen LogP contribution is 2.25. The van der Waals surface area contributed by atoms with Gasteiger partial charge in [0.2, 0.25) is 0 Å². The summed E-state index contributed by atoms with van der Waals surface area (Å²) >= 11 is 3.45. The summed E-state index contributed by atoms with van der Waals surface area (Å²) in [5.74, 6) is 0. The minimum Gasteiger partial charge on any atom is -0.379 e. The first kappa shape index (κ1) is 11.6. The quantitative estimate of drug-likeness (QED) is 0.889. The molecule has 1 N–H and O–H groups in total. The third kappa shape index (κ3) is 2.83. The first-order chi connectivity index (χ1) is 7.55. The maximum absolute atomic E-state index is 4.64. The molecule has 0 saturated heterocycles.